The van der Waals surface area contributed by atoms with Crippen molar-refractivity contribution in [1.82, 2.24) is 24.7 Å². The summed E-state index contributed by atoms with van der Waals surface area (Å²) in [6, 6.07) is 4.98. The quantitative estimate of drug-likeness (QED) is 0.329. The fraction of sp³-hybridized carbons (Fsp3) is 0.333. The molecular weight excluding hydrogens is 516 g/mol. The molecule has 1 aliphatic rings. The maximum atomic E-state index is 14.1. The van der Waals surface area contributed by atoms with Gasteiger partial charge in [-0.2, -0.15) is 13.9 Å². The molecule has 0 amide bonds. The first-order chi connectivity index (χ1) is 18.5. The zero-order valence-electron chi connectivity index (χ0n) is 21.2. The van der Waals surface area contributed by atoms with Crippen LogP contribution in [0.15, 0.2) is 48.4 Å². The van der Waals surface area contributed by atoms with Gasteiger partial charge in [-0.15, -0.1) is 0 Å². The van der Waals surface area contributed by atoms with Gasteiger partial charge in [0.2, 0.25) is 0 Å². The Labute approximate surface area is 221 Å². The Morgan fingerprint density at radius 3 is 2.41 bits per heavy atom. The van der Waals surface area contributed by atoms with Crippen molar-refractivity contribution in [3.63, 3.8) is 0 Å². The zero-order chi connectivity index (χ0) is 27.9. The summed E-state index contributed by atoms with van der Waals surface area (Å²) < 4.78 is 54.4. The highest BCUT2D eigenvalue weighted by molar-refractivity contribution is 5.83. The molecule has 3 aromatic heterocycles. The first-order valence-electron chi connectivity index (χ1n) is 12.3. The summed E-state index contributed by atoms with van der Waals surface area (Å²) in [5.41, 5.74) is 1.49. The van der Waals surface area contributed by atoms with E-state index in [0.717, 1.165) is 11.6 Å². The predicted octanol–water partition coefficient (Wildman–Crippen LogP) is 5.05. The van der Waals surface area contributed by atoms with Gasteiger partial charge in [0.05, 0.1) is 29.2 Å². The number of alkyl halides is 2. The van der Waals surface area contributed by atoms with E-state index >= 15 is 0 Å². The average molecular weight is 543 g/mol. The van der Waals surface area contributed by atoms with Gasteiger partial charge in [-0.1, -0.05) is 11.6 Å². The Balaban J connectivity index is 1.51. The number of hydrogen-bond acceptors (Lipinski definition) is 7. The molecule has 0 aliphatic carbocycles. The highest BCUT2D eigenvalue weighted by Gasteiger charge is 2.28. The molecule has 0 spiro atoms. The first kappa shape index (κ1) is 26.7. The third kappa shape index (κ3) is 5.62. The topological polar surface area (TPSA) is 100 Å². The second-order valence-corrected chi connectivity index (χ2v) is 9.99. The molecule has 0 saturated carbocycles. The third-order valence-electron chi connectivity index (χ3n) is 6.60. The van der Waals surface area contributed by atoms with Crippen molar-refractivity contribution in [2.45, 2.75) is 44.9 Å². The maximum Gasteiger partial charge on any atom is 0.333 e. The highest BCUT2D eigenvalue weighted by atomic mass is 19.3. The van der Waals surface area contributed by atoms with Crippen LogP contribution in [-0.4, -0.2) is 53.6 Å². The van der Waals surface area contributed by atoms with Gasteiger partial charge in [0.25, 0.3) is 0 Å². The average Bonchev–Trinajstić information content (AvgIpc) is 3.39. The Hall–Kier alpha value is -3.90. The summed E-state index contributed by atoms with van der Waals surface area (Å²) >= 11 is 0. The minimum Gasteiger partial charge on any atom is -0.387 e. The Morgan fingerprint density at radius 1 is 1.03 bits per heavy atom. The van der Waals surface area contributed by atoms with Gasteiger partial charge in [0.1, 0.15) is 28.9 Å². The largest absolute Gasteiger partial charge is 0.387 e. The van der Waals surface area contributed by atoms with E-state index in [1.54, 1.807) is 6.08 Å². The van der Waals surface area contributed by atoms with E-state index in [1.807, 2.05) is 4.90 Å². The lowest BCUT2D eigenvalue weighted by Gasteiger charge is -2.31. The number of aromatic nitrogens is 5. The Bertz CT molecular complexity index is 1540. The van der Waals surface area contributed by atoms with Crippen LogP contribution in [-0.2, 0) is 0 Å². The number of aliphatic hydroxyl groups is 2. The van der Waals surface area contributed by atoms with E-state index in [-0.39, 0.29) is 5.69 Å². The number of nitrogens with zero attached hydrogens (tertiary/aromatic N) is 6. The Kier molecular flexibility index (Phi) is 7.08. The van der Waals surface area contributed by atoms with Crippen LogP contribution >= 0.6 is 0 Å². The molecule has 0 unspecified atom stereocenters. The van der Waals surface area contributed by atoms with Crippen molar-refractivity contribution in [3.05, 3.63) is 71.3 Å². The van der Waals surface area contributed by atoms with Crippen molar-refractivity contribution in [2.75, 3.05) is 18.0 Å². The van der Waals surface area contributed by atoms with Crippen LogP contribution in [0.1, 0.15) is 50.6 Å². The summed E-state index contributed by atoms with van der Waals surface area (Å²) in [5.74, 6) is -0.852. The standard InChI is InChI=1S/C27H26F4N6O2/c1-27(2,39)24(38)21-11-20-22(13-32-21)34-23(17-12-33-37(14-17)26(30)31)25(35-20)36-7-5-15(6-8-36)9-16-3-4-18(28)10-19(16)29/h3-4,9-14,24,26,38-39H,5-8H2,1-2H3/t24-/m1/s1. The van der Waals surface area contributed by atoms with E-state index in [0.29, 0.717) is 64.3 Å². The maximum absolute atomic E-state index is 14.1. The monoisotopic (exact) mass is 542 g/mol. The third-order valence-corrected chi connectivity index (χ3v) is 6.60. The second-order valence-electron chi connectivity index (χ2n) is 9.99. The van der Waals surface area contributed by atoms with Gasteiger partial charge in [0.15, 0.2) is 5.82 Å². The van der Waals surface area contributed by atoms with Crippen molar-refractivity contribution in [2.24, 2.45) is 0 Å². The molecule has 1 fully saturated rings. The van der Waals surface area contributed by atoms with Crippen LogP contribution in [0.4, 0.5) is 23.4 Å². The molecule has 4 heterocycles. The number of benzene rings is 1. The number of aliphatic hydroxyl groups excluding tert-OH is 1. The summed E-state index contributed by atoms with van der Waals surface area (Å²) in [5, 5.41) is 24.4. The number of rotatable bonds is 6. The number of hydrogen-bond donors (Lipinski definition) is 2. The molecule has 1 atom stereocenters. The minimum absolute atomic E-state index is 0.207. The lowest BCUT2D eigenvalue weighted by atomic mass is 9.98. The lowest BCUT2D eigenvalue weighted by molar-refractivity contribution is -0.0516. The molecule has 39 heavy (non-hydrogen) atoms. The molecule has 8 nitrogen and oxygen atoms in total. The molecule has 4 aromatic rings. The lowest BCUT2D eigenvalue weighted by Crippen LogP contribution is -2.32. The van der Waals surface area contributed by atoms with Crippen LogP contribution in [0.2, 0.25) is 0 Å². The molecule has 1 aromatic carbocycles. The van der Waals surface area contributed by atoms with Crippen LogP contribution in [0, 0.1) is 11.6 Å². The number of pyridine rings is 1. The van der Waals surface area contributed by atoms with Gasteiger partial charge in [-0.3, -0.25) is 4.98 Å². The molecular formula is C27H26F4N6O2. The van der Waals surface area contributed by atoms with Crippen molar-refractivity contribution in [1.29, 1.82) is 0 Å². The normalized spacial score (nSPS) is 15.3. The molecule has 12 heteroatoms. The van der Waals surface area contributed by atoms with Crippen molar-refractivity contribution < 1.29 is 27.8 Å². The van der Waals surface area contributed by atoms with Crippen LogP contribution < -0.4 is 4.90 Å². The molecule has 0 radical (unpaired) electrons. The van der Waals surface area contributed by atoms with Crippen molar-refractivity contribution in [3.8, 4) is 11.3 Å². The van der Waals surface area contributed by atoms with Gasteiger partial charge in [-0.25, -0.2) is 23.4 Å². The molecule has 1 aliphatic heterocycles. The van der Waals surface area contributed by atoms with E-state index in [2.05, 4.69) is 15.1 Å². The summed E-state index contributed by atoms with van der Waals surface area (Å²) in [4.78, 5) is 15.6. The van der Waals surface area contributed by atoms with E-state index < -0.39 is 29.9 Å². The van der Waals surface area contributed by atoms with Crippen LogP contribution in [0.3, 0.4) is 0 Å². The smallest absolute Gasteiger partial charge is 0.333 e. The summed E-state index contributed by atoms with van der Waals surface area (Å²) in [6.07, 6.45) is 5.45. The number of halogens is 4. The highest BCUT2D eigenvalue weighted by Crippen LogP contribution is 2.34. The van der Waals surface area contributed by atoms with Gasteiger partial charge >= 0.3 is 6.55 Å². The second kappa shape index (κ2) is 10.3. The zero-order valence-corrected chi connectivity index (χ0v) is 21.2. The summed E-state index contributed by atoms with van der Waals surface area (Å²) in [6.45, 7) is 1.06. The van der Waals surface area contributed by atoms with Crippen LogP contribution in [0.25, 0.3) is 28.4 Å². The number of piperidine rings is 1. The first-order valence-corrected chi connectivity index (χ1v) is 12.3. The van der Waals surface area contributed by atoms with E-state index in [4.69, 9.17) is 4.98 Å². The van der Waals surface area contributed by atoms with Gasteiger partial charge in [0, 0.05) is 36.5 Å². The molecule has 5 rings (SSSR count). The fourth-order valence-corrected chi connectivity index (χ4v) is 4.45. The predicted molar refractivity (Wildman–Crippen MR) is 137 cm³/mol. The molecule has 1 saturated heterocycles. The fourth-order valence-electron chi connectivity index (χ4n) is 4.45. The SMILES string of the molecule is CC(C)(O)[C@H](O)c1cc2nc(N3CCC(=Cc4ccc(F)cc4F)CC3)c(-c3cnn(C(F)F)c3)nc2cn1. The van der Waals surface area contributed by atoms with Crippen LogP contribution in [0.5, 0.6) is 0 Å². The Morgan fingerprint density at radius 2 is 1.77 bits per heavy atom. The summed E-state index contributed by atoms with van der Waals surface area (Å²) in [7, 11) is 0. The number of anilines is 1. The van der Waals surface area contributed by atoms with Gasteiger partial charge < -0.3 is 15.1 Å². The molecule has 204 valence electrons. The van der Waals surface area contributed by atoms with Crippen molar-refractivity contribution >= 4 is 22.9 Å². The van der Waals surface area contributed by atoms with E-state index in [9.17, 15) is 27.8 Å². The minimum atomic E-state index is -2.82. The molecule has 0 bridgehead atoms. The van der Waals surface area contributed by atoms with E-state index in [1.165, 1.54) is 50.6 Å². The number of fused-ring (bicyclic) bond motifs is 1. The van der Waals surface area contributed by atoms with Gasteiger partial charge in [-0.05, 0) is 44.9 Å². The molecule has 2 N–H and O–H groups in total.